The number of carbonyl (C=O) groups excluding carboxylic acids is 1. The van der Waals surface area contributed by atoms with Gasteiger partial charge in [-0.3, -0.25) is 9.69 Å². The van der Waals surface area contributed by atoms with Crippen LogP contribution in [-0.2, 0) is 0 Å². The van der Waals surface area contributed by atoms with Gasteiger partial charge in [-0.15, -0.1) is 0 Å². The molecule has 4 nitrogen and oxygen atoms in total. The van der Waals surface area contributed by atoms with E-state index in [4.69, 9.17) is 4.74 Å². The Kier molecular flexibility index (Phi) is 3.42. The molecule has 0 aliphatic carbocycles. The van der Waals surface area contributed by atoms with E-state index in [0.717, 1.165) is 30.9 Å². The maximum atomic E-state index is 12.5. The normalized spacial score (nSPS) is 23.2. The van der Waals surface area contributed by atoms with Crippen molar-refractivity contribution in [3.8, 4) is 5.75 Å². The minimum atomic E-state index is 0.147. The highest BCUT2D eigenvalue weighted by molar-refractivity contribution is 5.94. The van der Waals surface area contributed by atoms with Gasteiger partial charge >= 0.3 is 0 Å². The van der Waals surface area contributed by atoms with Crippen molar-refractivity contribution in [1.82, 2.24) is 9.80 Å². The Hall–Kier alpha value is -1.55. The zero-order chi connectivity index (χ0) is 13.2. The number of benzene rings is 1. The van der Waals surface area contributed by atoms with Crippen LogP contribution in [0.3, 0.4) is 0 Å². The maximum Gasteiger partial charge on any atom is 0.253 e. The fourth-order valence-electron chi connectivity index (χ4n) is 3.09. The molecule has 2 heterocycles. The van der Waals surface area contributed by atoms with Gasteiger partial charge < -0.3 is 9.64 Å². The molecule has 0 radical (unpaired) electrons. The molecule has 1 aromatic carbocycles. The Bertz CT molecular complexity index is 458. The van der Waals surface area contributed by atoms with Crippen molar-refractivity contribution in [2.45, 2.75) is 18.9 Å². The molecule has 2 fully saturated rings. The van der Waals surface area contributed by atoms with Gasteiger partial charge in [0, 0.05) is 31.2 Å². The lowest BCUT2D eigenvalue weighted by Gasteiger charge is -2.37. The second-order valence-corrected chi connectivity index (χ2v) is 5.31. The Morgan fingerprint density at radius 3 is 2.74 bits per heavy atom. The molecule has 2 aliphatic heterocycles. The summed E-state index contributed by atoms with van der Waals surface area (Å²) >= 11 is 0. The second-order valence-electron chi connectivity index (χ2n) is 5.31. The number of nitrogens with zero attached hydrogens (tertiary/aromatic N) is 2. The van der Waals surface area contributed by atoms with Crippen molar-refractivity contribution < 1.29 is 9.53 Å². The lowest BCUT2D eigenvalue weighted by molar-refractivity contribution is 0.0571. The Balaban J connectivity index is 1.69. The van der Waals surface area contributed by atoms with Crippen LogP contribution in [0.5, 0.6) is 5.75 Å². The van der Waals surface area contributed by atoms with E-state index in [9.17, 15) is 4.79 Å². The first-order valence-corrected chi connectivity index (χ1v) is 6.95. The summed E-state index contributed by atoms with van der Waals surface area (Å²) in [6.45, 7) is 3.95. The summed E-state index contributed by atoms with van der Waals surface area (Å²) in [4.78, 5) is 17.0. The van der Waals surface area contributed by atoms with Crippen molar-refractivity contribution in [3.05, 3.63) is 29.8 Å². The molecular weight excluding hydrogens is 240 g/mol. The van der Waals surface area contributed by atoms with E-state index in [0.29, 0.717) is 6.04 Å². The Morgan fingerprint density at radius 2 is 2.00 bits per heavy atom. The third kappa shape index (κ3) is 2.45. The van der Waals surface area contributed by atoms with Gasteiger partial charge in [-0.2, -0.15) is 0 Å². The standard InChI is InChI=1S/C15H20N2O2/c1-19-14-6-4-12(5-7-14)15(18)17-10-9-16-8-2-3-13(16)11-17/h4-7,13H,2-3,8-11H2,1H3. The number of carbonyl (C=O) groups is 1. The van der Waals surface area contributed by atoms with Crippen LogP contribution < -0.4 is 4.74 Å². The molecule has 1 atom stereocenters. The zero-order valence-corrected chi connectivity index (χ0v) is 11.3. The van der Waals surface area contributed by atoms with Crippen LogP contribution in [0.1, 0.15) is 23.2 Å². The number of rotatable bonds is 2. The molecule has 1 amide bonds. The molecule has 4 heteroatoms. The fraction of sp³-hybridized carbons (Fsp3) is 0.533. The first-order valence-electron chi connectivity index (χ1n) is 6.95. The minimum Gasteiger partial charge on any atom is -0.497 e. The predicted molar refractivity (Wildman–Crippen MR) is 73.5 cm³/mol. The number of amides is 1. The van der Waals surface area contributed by atoms with Crippen molar-refractivity contribution >= 4 is 5.91 Å². The zero-order valence-electron chi connectivity index (χ0n) is 11.3. The maximum absolute atomic E-state index is 12.5. The number of hydrogen-bond acceptors (Lipinski definition) is 3. The van der Waals surface area contributed by atoms with Gasteiger partial charge in [0.25, 0.3) is 5.91 Å². The van der Waals surface area contributed by atoms with Crippen LogP contribution in [0.25, 0.3) is 0 Å². The van der Waals surface area contributed by atoms with Crippen molar-refractivity contribution in [1.29, 1.82) is 0 Å². The van der Waals surface area contributed by atoms with E-state index in [2.05, 4.69) is 4.90 Å². The van der Waals surface area contributed by atoms with Crippen LogP contribution >= 0.6 is 0 Å². The van der Waals surface area contributed by atoms with Gasteiger partial charge in [0.05, 0.1) is 7.11 Å². The summed E-state index contributed by atoms with van der Waals surface area (Å²) in [5, 5.41) is 0. The lowest BCUT2D eigenvalue weighted by Crippen LogP contribution is -2.52. The molecular formula is C15H20N2O2. The molecule has 0 saturated carbocycles. The highest BCUT2D eigenvalue weighted by Gasteiger charge is 2.32. The molecule has 2 saturated heterocycles. The van der Waals surface area contributed by atoms with Crippen LogP contribution in [0.15, 0.2) is 24.3 Å². The summed E-state index contributed by atoms with van der Waals surface area (Å²) in [7, 11) is 1.64. The van der Waals surface area contributed by atoms with Gasteiger partial charge in [0.15, 0.2) is 0 Å². The Morgan fingerprint density at radius 1 is 1.21 bits per heavy atom. The van der Waals surface area contributed by atoms with Crippen molar-refractivity contribution in [3.63, 3.8) is 0 Å². The SMILES string of the molecule is COc1ccc(C(=O)N2CCN3CCCC3C2)cc1. The molecule has 3 rings (SSSR count). The van der Waals surface area contributed by atoms with E-state index < -0.39 is 0 Å². The topological polar surface area (TPSA) is 32.8 Å². The van der Waals surface area contributed by atoms with E-state index in [1.54, 1.807) is 7.11 Å². The van der Waals surface area contributed by atoms with Gasteiger partial charge in [-0.1, -0.05) is 0 Å². The molecule has 1 unspecified atom stereocenters. The largest absolute Gasteiger partial charge is 0.497 e. The third-order valence-corrected chi connectivity index (χ3v) is 4.21. The van der Waals surface area contributed by atoms with Crippen molar-refractivity contribution in [2.24, 2.45) is 0 Å². The summed E-state index contributed by atoms with van der Waals surface area (Å²) in [5.74, 6) is 0.936. The Labute approximate surface area is 113 Å². The molecule has 0 bridgehead atoms. The first kappa shape index (κ1) is 12.5. The molecule has 2 aliphatic rings. The summed E-state index contributed by atoms with van der Waals surface area (Å²) in [6.07, 6.45) is 2.50. The molecule has 19 heavy (non-hydrogen) atoms. The predicted octanol–water partition coefficient (Wildman–Crippen LogP) is 1.62. The molecule has 0 aromatic heterocycles. The number of methoxy groups -OCH3 is 1. The average Bonchev–Trinajstić information content (AvgIpc) is 2.94. The van der Waals surface area contributed by atoms with Gasteiger partial charge in [0.1, 0.15) is 5.75 Å². The van der Waals surface area contributed by atoms with Gasteiger partial charge in [-0.25, -0.2) is 0 Å². The van der Waals surface area contributed by atoms with Gasteiger partial charge in [-0.05, 0) is 43.7 Å². The molecule has 1 aromatic rings. The summed E-state index contributed by atoms with van der Waals surface area (Å²) < 4.78 is 5.12. The van der Waals surface area contributed by atoms with E-state index in [-0.39, 0.29) is 5.91 Å². The first-order chi connectivity index (χ1) is 9.28. The molecule has 0 spiro atoms. The van der Waals surface area contributed by atoms with Crippen LogP contribution in [-0.4, -0.2) is 55.0 Å². The number of ether oxygens (including phenoxy) is 1. The van der Waals surface area contributed by atoms with E-state index in [1.807, 2.05) is 29.2 Å². The highest BCUT2D eigenvalue weighted by Crippen LogP contribution is 2.23. The van der Waals surface area contributed by atoms with Crippen LogP contribution in [0, 0.1) is 0 Å². The third-order valence-electron chi connectivity index (χ3n) is 4.21. The number of hydrogen-bond donors (Lipinski definition) is 0. The molecule has 0 N–H and O–H groups in total. The second kappa shape index (κ2) is 5.21. The smallest absolute Gasteiger partial charge is 0.253 e. The van der Waals surface area contributed by atoms with Crippen molar-refractivity contribution in [2.75, 3.05) is 33.3 Å². The summed E-state index contributed by atoms with van der Waals surface area (Å²) in [5.41, 5.74) is 0.757. The monoisotopic (exact) mass is 260 g/mol. The molecule has 102 valence electrons. The van der Waals surface area contributed by atoms with Crippen LogP contribution in [0.2, 0.25) is 0 Å². The summed E-state index contributed by atoms with van der Waals surface area (Å²) in [6, 6.07) is 7.97. The van der Waals surface area contributed by atoms with Crippen LogP contribution in [0.4, 0.5) is 0 Å². The number of piperazine rings is 1. The number of fused-ring (bicyclic) bond motifs is 1. The average molecular weight is 260 g/mol. The van der Waals surface area contributed by atoms with E-state index in [1.165, 1.54) is 19.4 Å². The quantitative estimate of drug-likeness (QED) is 0.810. The fourth-order valence-corrected chi connectivity index (χ4v) is 3.09. The highest BCUT2D eigenvalue weighted by atomic mass is 16.5. The van der Waals surface area contributed by atoms with Gasteiger partial charge in [0.2, 0.25) is 0 Å². The lowest BCUT2D eigenvalue weighted by atomic mass is 10.1. The minimum absolute atomic E-state index is 0.147. The van der Waals surface area contributed by atoms with E-state index >= 15 is 0 Å².